The van der Waals surface area contributed by atoms with E-state index in [-0.39, 0.29) is 6.61 Å². The Bertz CT molecular complexity index is 718. The molecule has 0 radical (unpaired) electrons. The van der Waals surface area contributed by atoms with Crippen LogP contribution < -0.4 is 9.47 Å². The molecule has 0 saturated carbocycles. The number of halogens is 2. The maximum atomic E-state index is 11.9. The lowest BCUT2D eigenvalue weighted by Gasteiger charge is -2.10. The van der Waals surface area contributed by atoms with Crippen LogP contribution in [0.25, 0.3) is 0 Å². The summed E-state index contributed by atoms with van der Waals surface area (Å²) in [4.78, 5) is 11.9. The largest absolute Gasteiger partial charge is 0.482 e. The van der Waals surface area contributed by atoms with E-state index >= 15 is 0 Å². The van der Waals surface area contributed by atoms with Crippen molar-refractivity contribution in [2.24, 2.45) is 0 Å². The van der Waals surface area contributed by atoms with Crippen LogP contribution in [0.2, 0.25) is 5.02 Å². The third-order valence-corrected chi connectivity index (χ3v) is 7.21. The molecule has 0 aromatic heterocycles. The molecule has 1 aliphatic rings. The fraction of sp³-hybridized carbons (Fsp3) is 0.235. The molecule has 2 aromatic rings. The highest BCUT2D eigenvalue weighted by molar-refractivity contribution is 9.10. The third-order valence-electron chi connectivity index (χ3n) is 3.25. The minimum atomic E-state index is -0.469. The third kappa shape index (κ3) is 4.85. The number of hydrogen-bond donors (Lipinski definition) is 0. The Balaban J connectivity index is 1.52. The maximum Gasteiger partial charge on any atom is 0.349 e. The van der Waals surface area contributed by atoms with E-state index in [1.807, 2.05) is 47.8 Å². The van der Waals surface area contributed by atoms with Crippen molar-refractivity contribution >= 4 is 57.0 Å². The monoisotopic (exact) mass is 444 g/mol. The fourth-order valence-electron chi connectivity index (χ4n) is 2.12. The highest BCUT2D eigenvalue weighted by Gasteiger charge is 2.18. The summed E-state index contributed by atoms with van der Waals surface area (Å²) in [5, 5.41) is 0.566. The van der Waals surface area contributed by atoms with Gasteiger partial charge in [-0.25, -0.2) is 4.79 Å². The maximum absolute atomic E-state index is 11.9. The molecule has 24 heavy (non-hydrogen) atoms. The van der Waals surface area contributed by atoms with Gasteiger partial charge in [-0.05, 0) is 51.8 Å². The minimum Gasteiger partial charge on any atom is -0.482 e. The van der Waals surface area contributed by atoms with Gasteiger partial charge in [0, 0.05) is 16.5 Å². The fourth-order valence-corrected chi connectivity index (χ4v) is 5.75. The molecule has 0 spiro atoms. The van der Waals surface area contributed by atoms with Crippen LogP contribution >= 0.6 is 51.1 Å². The van der Waals surface area contributed by atoms with Crippen LogP contribution in [-0.2, 0) is 4.79 Å². The normalized spacial score (nSPS) is 14.6. The summed E-state index contributed by atoms with van der Waals surface area (Å²) in [7, 11) is 0. The minimum absolute atomic E-state index is 0.151. The molecule has 1 fully saturated rings. The van der Waals surface area contributed by atoms with E-state index in [2.05, 4.69) is 15.9 Å². The first kappa shape index (κ1) is 18.0. The van der Waals surface area contributed by atoms with Gasteiger partial charge >= 0.3 is 5.97 Å². The molecule has 0 unspecified atom stereocenters. The van der Waals surface area contributed by atoms with Gasteiger partial charge < -0.3 is 9.47 Å². The molecule has 1 heterocycles. The topological polar surface area (TPSA) is 35.5 Å². The number of benzene rings is 2. The van der Waals surface area contributed by atoms with E-state index in [0.29, 0.717) is 25.6 Å². The van der Waals surface area contributed by atoms with Crippen LogP contribution in [0.3, 0.4) is 0 Å². The summed E-state index contributed by atoms with van der Waals surface area (Å²) in [6.07, 6.45) is 0. The lowest BCUT2D eigenvalue weighted by atomic mass is 10.2. The average Bonchev–Trinajstić information content (AvgIpc) is 3.11. The van der Waals surface area contributed by atoms with Crippen molar-refractivity contribution in [1.82, 2.24) is 0 Å². The number of thioether (sulfide) groups is 2. The molecular weight excluding hydrogens is 432 g/mol. The Hall–Kier alpha value is -0.820. The Kier molecular flexibility index (Phi) is 6.38. The summed E-state index contributed by atoms with van der Waals surface area (Å²) in [6, 6.07) is 12.8. The zero-order valence-electron chi connectivity index (χ0n) is 12.5. The van der Waals surface area contributed by atoms with Gasteiger partial charge in [-0.3, -0.25) is 0 Å². The molecule has 0 atom stereocenters. The highest BCUT2D eigenvalue weighted by atomic mass is 79.9. The molecule has 1 aliphatic heterocycles. The summed E-state index contributed by atoms with van der Waals surface area (Å²) in [5.41, 5.74) is 1.28. The van der Waals surface area contributed by atoms with E-state index < -0.39 is 5.97 Å². The predicted molar refractivity (Wildman–Crippen MR) is 104 cm³/mol. The number of ether oxygens (including phenoxy) is 2. The lowest BCUT2D eigenvalue weighted by Crippen LogP contribution is -2.17. The van der Waals surface area contributed by atoms with Gasteiger partial charge in [-0.1, -0.05) is 23.7 Å². The highest BCUT2D eigenvalue weighted by Crippen LogP contribution is 2.45. The second kappa shape index (κ2) is 8.52. The molecule has 0 aliphatic carbocycles. The van der Waals surface area contributed by atoms with Crippen molar-refractivity contribution in [2.75, 3.05) is 18.1 Å². The SMILES string of the molecule is O=C(COc1ccc(C2SCCS2)cc1)Oc1ccc(Cl)cc1Br. The van der Waals surface area contributed by atoms with Crippen LogP contribution in [0.1, 0.15) is 10.1 Å². The predicted octanol–water partition coefficient (Wildman–Crippen LogP) is 5.57. The molecule has 0 N–H and O–H groups in total. The number of carbonyl (C=O) groups is 1. The van der Waals surface area contributed by atoms with Crippen LogP contribution in [0, 0.1) is 0 Å². The summed E-state index contributed by atoms with van der Waals surface area (Å²) < 4.78 is 11.9. The van der Waals surface area contributed by atoms with Crippen molar-refractivity contribution in [3.05, 3.63) is 57.5 Å². The zero-order chi connectivity index (χ0) is 16.9. The second-order valence-corrected chi connectivity index (χ2v) is 9.00. The number of hydrogen-bond acceptors (Lipinski definition) is 5. The molecule has 3 rings (SSSR count). The van der Waals surface area contributed by atoms with Crippen LogP contribution in [0.4, 0.5) is 0 Å². The van der Waals surface area contributed by atoms with E-state index in [4.69, 9.17) is 21.1 Å². The molecule has 7 heteroatoms. The van der Waals surface area contributed by atoms with Crippen LogP contribution in [0.5, 0.6) is 11.5 Å². The number of esters is 1. The van der Waals surface area contributed by atoms with Gasteiger partial charge in [0.15, 0.2) is 6.61 Å². The molecular formula is C17H14BrClO3S2. The summed E-state index contributed by atoms with van der Waals surface area (Å²) in [6.45, 7) is -0.151. The second-order valence-electron chi connectivity index (χ2n) is 4.98. The molecule has 0 amide bonds. The average molecular weight is 446 g/mol. The van der Waals surface area contributed by atoms with Crippen LogP contribution in [0.15, 0.2) is 46.9 Å². The number of rotatable bonds is 5. The lowest BCUT2D eigenvalue weighted by molar-refractivity contribution is -0.136. The van der Waals surface area contributed by atoms with Gasteiger partial charge in [0.1, 0.15) is 11.5 Å². The molecule has 0 bridgehead atoms. The zero-order valence-corrected chi connectivity index (χ0v) is 16.5. The Morgan fingerprint density at radius 2 is 1.88 bits per heavy atom. The van der Waals surface area contributed by atoms with Crippen molar-refractivity contribution in [2.45, 2.75) is 4.58 Å². The quantitative estimate of drug-likeness (QED) is 0.444. The molecule has 126 valence electrons. The molecule has 2 aromatic carbocycles. The van der Waals surface area contributed by atoms with Gasteiger partial charge in [0.05, 0.1) is 9.05 Å². The Morgan fingerprint density at radius 3 is 2.54 bits per heavy atom. The van der Waals surface area contributed by atoms with Crippen molar-refractivity contribution in [3.63, 3.8) is 0 Å². The van der Waals surface area contributed by atoms with Gasteiger partial charge in [-0.15, -0.1) is 23.5 Å². The Labute approximate surface area is 162 Å². The van der Waals surface area contributed by atoms with Gasteiger partial charge in [0.2, 0.25) is 0 Å². The van der Waals surface area contributed by atoms with E-state index in [0.717, 1.165) is 0 Å². The van der Waals surface area contributed by atoms with Crippen molar-refractivity contribution < 1.29 is 14.3 Å². The summed E-state index contributed by atoms with van der Waals surface area (Å²) in [5.74, 6) is 2.99. The molecule has 3 nitrogen and oxygen atoms in total. The first-order chi connectivity index (χ1) is 11.6. The van der Waals surface area contributed by atoms with E-state index in [1.54, 1.807) is 18.2 Å². The summed E-state index contributed by atoms with van der Waals surface area (Å²) >= 11 is 13.1. The standard InChI is InChI=1S/C17H14BrClO3S2/c18-14-9-12(19)3-6-15(14)22-16(20)10-21-13-4-1-11(2-5-13)17-23-7-8-24-17/h1-6,9,17H,7-8,10H2. The van der Waals surface area contributed by atoms with E-state index in [1.165, 1.54) is 17.1 Å². The van der Waals surface area contributed by atoms with Gasteiger partial charge in [-0.2, -0.15) is 0 Å². The van der Waals surface area contributed by atoms with Crippen LogP contribution in [-0.4, -0.2) is 24.1 Å². The van der Waals surface area contributed by atoms with Crippen molar-refractivity contribution in [3.8, 4) is 11.5 Å². The van der Waals surface area contributed by atoms with Crippen molar-refractivity contribution in [1.29, 1.82) is 0 Å². The number of carbonyl (C=O) groups excluding carboxylic acids is 1. The van der Waals surface area contributed by atoms with Gasteiger partial charge in [0.25, 0.3) is 0 Å². The smallest absolute Gasteiger partial charge is 0.349 e. The van der Waals surface area contributed by atoms with E-state index in [9.17, 15) is 4.79 Å². The Morgan fingerprint density at radius 1 is 1.17 bits per heavy atom. The first-order valence-electron chi connectivity index (χ1n) is 7.23. The molecule has 1 saturated heterocycles. The first-order valence-corrected chi connectivity index (χ1v) is 10.5.